The smallest absolute Gasteiger partial charge is 0.262 e. The zero-order valence-corrected chi connectivity index (χ0v) is 15.9. The van der Waals surface area contributed by atoms with Crippen molar-refractivity contribution in [3.8, 4) is 11.5 Å². The number of anilines is 2. The number of nitrogens with zero attached hydrogens (tertiary/aromatic N) is 1. The van der Waals surface area contributed by atoms with Crippen LogP contribution in [0.1, 0.15) is 29.0 Å². The van der Waals surface area contributed by atoms with Gasteiger partial charge in [0.15, 0.2) is 11.5 Å². The summed E-state index contributed by atoms with van der Waals surface area (Å²) < 4.78 is 11.4. The molecule has 0 aromatic heterocycles. The third kappa shape index (κ3) is 3.05. The minimum Gasteiger partial charge on any atom is -0.492 e. The van der Waals surface area contributed by atoms with Crippen molar-refractivity contribution in [2.75, 3.05) is 23.9 Å². The van der Waals surface area contributed by atoms with Crippen LogP contribution in [0, 0.1) is 0 Å². The number of benzene rings is 3. The minimum absolute atomic E-state index is 0.0607. The van der Waals surface area contributed by atoms with Crippen molar-refractivity contribution < 1.29 is 14.3 Å². The van der Waals surface area contributed by atoms with Gasteiger partial charge in [-0.2, -0.15) is 0 Å². The maximum absolute atomic E-state index is 13.4. The van der Waals surface area contributed by atoms with E-state index in [0.717, 1.165) is 16.9 Å². The number of carbonyl (C=O) groups is 1. The summed E-state index contributed by atoms with van der Waals surface area (Å²) in [5.74, 6) is 1.22. The number of para-hydroxylation sites is 3. The molecule has 1 N–H and O–H groups in total. The number of nitrogens with one attached hydrogen (secondary N) is 1. The van der Waals surface area contributed by atoms with E-state index in [-0.39, 0.29) is 5.91 Å². The third-order valence-corrected chi connectivity index (χ3v) is 4.77. The van der Waals surface area contributed by atoms with Crippen LogP contribution in [0.2, 0.25) is 0 Å². The molecule has 0 aliphatic carbocycles. The molecule has 1 aliphatic heterocycles. The number of fused-ring (bicyclic) bond motifs is 1. The van der Waals surface area contributed by atoms with E-state index < -0.39 is 6.17 Å². The van der Waals surface area contributed by atoms with Crippen LogP contribution in [0.3, 0.4) is 0 Å². The molecule has 1 aliphatic rings. The number of amides is 1. The van der Waals surface area contributed by atoms with E-state index in [4.69, 9.17) is 9.47 Å². The second-order valence-electron chi connectivity index (χ2n) is 6.41. The Morgan fingerprint density at radius 1 is 0.964 bits per heavy atom. The Kier molecular flexibility index (Phi) is 4.89. The maximum atomic E-state index is 13.4. The molecule has 1 heterocycles. The SMILES string of the molecule is CCOc1cccc([C@@H]2Nc3ccccc3C(=O)N2c2ccccc2)c1OC. The van der Waals surface area contributed by atoms with Crippen molar-refractivity contribution in [3.63, 3.8) is 0 Å². The van der Waals surface area contributed by atoms with E-state index in [9.17, 15) is 4.79 Å². The van der Waals surface area contributed by atoms with Gasteiger partial charge in [0.2, 0.25) is 0 Å². The number of ether oxygens (including phenoxy) is 2. The summed E-state index contributed by atoms with van der Waals surface area (Å²) in [6.07, 6.45) is -0.430. The van der Waals surface area contributed by atoms with Crippen molar-refractivity contribution in [1.29, 1.82) is 0 Å². The molecule has 5 heteroatoms. The summed E-state index contributed by atoms with van der Waals surface area (Å²) in [6.45, 7) is 2.46. The average molecular weight is 374 g/mol. The molecule has 4 rings (SSSR count). The Bertz CT molecular complexity index is 988. The van der Waals surface area contributed by atoms with Gasteiger partial charge in [-0.25, -0.2) is 0 Å². The third-order valence-electron chi connectivity index (χ3n) is 4.77. The van der Waals surface area contributed by atoms with Crippen LogP contribution >= 0.6 is 0 Å². The predicted molar refractivity (Wildman–Crippen MR) is 110 cm³/mol. The highest BCUT2D eigenvalue weighted by Crippen LogP contribution is 2.42. The molecular weight excluding hydrogens is 352 g/mol. The van der Waals surface area contributed by atoms with Crippen molar-refractivity contribution in [2.45, 2.75) is 13.1 Å². The highest BCUT2D eigenvalue weighted by Gasteiger charge is 2.36. The second kappa shape index (κ2) is 7.64. The molecule has 142 valence electrons. The monoisotopic (exact) mass is 374 g/mol. The average Bonchev–Trinajstić information content (AvgIpc) is 2.74. The van der Waals surface area contributed by atoms with Gasteiger partial charge in [0.1, 0.15) is 6.17 Å². The molecule has 0 fully saturated rings. The molecule has 0 saturated carbocycles. The number of hydrogen-bond acceptors (Lipinski definition) is 4. The summed E-state index contributed by atoms with van der Waals surface area (Å²) in [5, 5.41) is 3.51. The first-order valence-electron chi connectivity index (χ1n) is 9.28. The minimum atomic E-state index is -0.430. The molecule has 0 bridgehead atoms. The molecule has 0 radical (unpaired) electrons. The molecular formula is C23H22N2O3. The molecule has 1 amide bonds. The van der Waals surface area contributed by atoms with Crippen LogP contribution < -0.4 is 19.7 Å². The number of rotatable bonds is 5. The van der Waals surface area contributed by atoms with E-state index in [0.29, 0.717) is 23.7 Å². The first-order valence-corrected chi connectivity index (χ1v) is 9.28. The Morgan fingerprint density at radius 2 is 1.71 bits per heavy atom. The van der Waals surface area contributed by atoms with Gasteiger partial charge in [0.25, 0.3) is 5.91 Å². The van der Waals surface area contributed by atoms with Crippen LogP contribution in [0.25, 0.3) is 0 Å². The number of carbonyl (C=O) groups excluding carboxylic acids is 1. The van der Waals surface area contributed by atoms with E-state index >= 15 is 0 Å². The van der Waals surface area contributed by atoms with E-state index in [1.54, 1.807) is 12.0 Å². The Labute approximate surface area is 164 Å². The normalized spacial score (nSPS) is 15.6. The van der Waals surface area contributed by atoms with E-state index in [2.05, 4.69) is 5.32 Å². The maximum Gasteiger partial charge on any atom is 0.262 e. The lowest BCUT2D eigenvalue weighted by molar-refractivity contribution is 0.0974. The molecule has 0 saturated heterocycles. The molecule has 5 nitrogen and oxygen atoms in total. The Balaban J connectivity index is 1.89. The molecule has 0 spiro atoms. The Hall–Kier alpha value is -3.47. The molecule has 3 aromatic rings. The highest BCUT2D eigenvalue weighted by atomic mass is 16.5. The molecule has 3 aromatic carbocycles. The van der Waals surface area contributed by atoms with Crippen molar-refractivity contribution in [3.05, 3.63) is 83.9 Å². The lowest BCUT2D eigenvalue weighted by Crippen LogP contribution is -2.43. The first-order chi connectivity index (χ1) is 13.7. The van der Waals surface area contributed by atoms with Gasteiger partial charge >= 0.3 is 0 Å². The largest absolute Gasteiger partial charge is 0.492 e. The van der Waals surface area contributed by atoms with Crippen LogP contribution in [-0.2, 0) is 0 Å². The number of methoxy groups -OCH3 is 1. The van der Waals surface area contributed by atoms with Crippen LogP contribution in [0.4, 0.5) is 11.4 Å². The highest BCUT2D eigenvalue weighted by molar-refractivity contribution is 6.12. The fourth-order valence-electron chi connectivity index (χ4n) is 3.56. The zero-order chi connectivity index (χ0) is 19.5. The fraction of sp³-hybridized carbons (Fsp3) is 0.174. The van der Waals surface area contributed by atoms with Gasteiger partial charge < -0.3 is 14.8 Å². The van der Waals surface area contributed by atoms with Crippen molar-refractivity contribution in [1.82, 2.24) is 0 Å². The van der Waals surface area contributed by atoms with E-state index in [1.807, 2.05) is 79.7 Å². The quantitative estimate of drug-likeness (QED) is 0.693. The van der Waals surface area contributed by atoms with Crippen LogP contribution in [0.5, 0.6) is 11.5 Å². The van der Waals surface area contributed by atoms with Gasteiger partial charge in [-0.3, -0.25) is 9.69 Å². The van der Waals surface area contributed by atoms with Crippen molar-refractivity contribution in [2.24, 2.45) is 0 Å². The van der Waals surface area contributed by atoms with Gasteiger partial charge in [-0.15, -0.1) is 0 Å². The first kappa shape index (κ1) is 17.9. The van der Waals surface area contributed by atoms with Gasteiger partial charge in [-0.1, -0.05) is 42.5 Å². The summed E-state index contributed by atoms with van der Waals surface area (Å²) in [7, 11) is 1.62. The van der Waals surface area contributed by atoms with Gasteiger partial charge in [0, 0.05) is 16.9 Å². The zero-order valence-electron chi connectivity index (χ0n) is 15.9. The van der Waals surface area contributed by atoms with Gasteiger partial charge in [0.05, 0.1) is 19.3 Å². The van der Waals surface area contributed by atoms with Crippen molar-refractivity contribution >= 4 is 17.3 Å². The summed E-state index contributed by atoms with van der Waals surface area (Å²) in [4.78, 5) is 15.2. The van der Waals surface area contributed by atoms with Crippen LogP contribution in [0.15, 0.2) is 72.8 Å². The topological polar surface area (TPSA) is 50.8 Å². The Morgan fingerprint density at radius 3 is 2.46 bits per heavy atom. The lowest BCUT2D eigenvalue weighted by Gasteiger charge is -2.38. The summed E-state index contributed by atoms with van der Waals surface area (Å²) >= 11 is 0. The predicted octanol–water partition coefficient (Wildman–Crippen LogP) is 4.87. The van der Waals surface area contributed by atoms with Crippen LogP contribution in [-0.4, -0.2) is 19.6 Å². The molecule has 28 heavy (non-hydrogen) atoms. The summed E-state index contributed by atoms with van der Waals surface area (Å²) in [5.41, 5.74) is 3.08. The van der Waals surface area contributed by atoms with Gasteiger partial charge in [-0.05, 0) is 37.3 Å². The fourth-order valence-corrected chi connectivity index (χ4v) is 3.56. The van der Waals surface area contributed by atoms with E-state index in [1.165, 1.54) is 0 Å². The lowest BCUT2D eigenvalue weighted by atomic mass is 10.0. The standard InChI is InChI=1S/C23H22N2O3/c1-3-28-20-15-9-13-18(21(20)27-2)22-24-19-14-8-7-12-17(19)23(26)25(22)16-10-5-4-6-11-16/h4-15,22,24H,3H2,1-2H3/t22-/m1/s1. The second-order valence-corrected chi connectivity index (χ2v) is 6.41. The summed E-state index contributed by atoms with van der Waals surface area (Å²) in [6, 6.07) is 22.9. The molecule has 1 atom stereocenters. The number of hydrogen-bond donors (Lipinski definition) is 1. The molecule has 0 unspecified atom stereocenters.